The Kier molecular flexibility index (Phi) is 2.00. The summed E-state index contributed by atoms with van der Waals surface area (Å²) in [6.07, 6.45) is 0. The second-order valence-electron chi connectivity index (χ2n) is 4.79. The number of nitrogen functional groups attached to an aromatic ring is 1. The molecule has 0 aliphatic heterocycles. The van der Waals surface area contributed by atoms with Crippen LogP contribution in [0.3, 0.4) is 0 Å². The molecule has 4 aromatic rings. The summed E-state index contributed by atoms with van der Waals surface area (Å²) in [6, 6.07) is 20.6. The van der Waals surface area contributed by atoms with Gasteiger partial charge in [-0.05, 0) is 41.1 Å². The first kappa shape index (κ1) is 10.3. The molecule has 2 N–H and O–H groups in total. The highest BCUT2D eigenvalue weighted by molar-refractivity contribution is 6.03. The molecule has 0 aliphatic carbocycles. The van der Waals surface area contributed by atoms with Crippen molar-refractivity contribution in [3.63, 3.8) is 0 Å². The lowest BCUT2D eigenvalue weighted by Gasteiger charge is -2.05. The maximum atomic E-state index is 6.02. The van der Waals surface area contributed by atoms with Gasteiger partial charge in [-0.1, -0.05) is 30.3 Å². The molecule has 0 saturated carbocycles. The van der Waals surface area contributed by atoms with Crippen molar-refractivity contribution < 1.29 is 0 Å². The third kappa shape index (κ3) is 1.54. The van der Waals surface area contributed by atoms with Gasteiger partial charge in [-0.25, -0.2) is 4.98 Å². The van der Waals surface area contributed by atoms with E-state index in [9.17, 15) is 0 Å². The van der Waals surface area contributed by atoms with Crippen molar-refractivity contribution in [1.29, 1.82) is 0 Å². The van der Waals surface area contributed by atoms with E-state index in [-0.39, 0.29) is 0 Å². The Balaban J connectivity index is 2.20. The molecule has 2 heteroatoms. The Bertz CT molecular complexity index is 926. The Morgan fingerprint density at radius 2 is 1.47 bits per heavy atom. The van der Waals surface area contributed by atoms with E-state index in [2.05, 4.69) is 36.4 Å². The highest BCUT2D eigenvalue weighted by Gasteiger charge is 2.03. The molecule has 0 unspecified atom stereocenters. The van der Waals surface area contributed by atoms with Crippen LogP contribution in [0.25, 0.3) is 32.6 Å². The summed E-state index contributed by atoms with van der Waals surface area (Å²) >= 11 is 0. The highest BCUT2D eigenvalue weighted by atomic mass is 14.7. The number of anilines is 1. The van der Waals surface area contributed by atoms with Crippen LogP contribution in [0, 0.1) is 0 Å². The summed E-state index contributed by atoms with van der Waals surface area (Å²) in [5.74, 6) is 0. The number of nitrogens with two attached hydrogens (primary N) is 1. The van der Waals surface area contributed by atoms with E-state index < -0.39 is 0 Å². The minimum absolute atomic E-state index is 0.778. The van der Waals surface area contributed by atoms with E-state index in [0.29, 0.717) is 0 Å². The van der Waals surface area contributed by atoms with E-state index in [1.54, 1.807) is 0 Å². The summed E-state index contributed by atoms with van der Waals surface area (Å²) in [4.78, 5) is 4.71. The van der Waals surface area contributed by atoms with E-state index in [0.717, 1.165) is 27.5 Å². The standard InChI is InChI=1S/C17H12N2/c18-15-6-3-7-16-14(15)9-13-8-11-4-1-2-5-12(11)10-17(13)19-16/h1-10H,18H2. The SMILES string of the molecule is Nc1cccc2nc3cc4ccccc4cc3cc12. The number of nitrogens with zero attached hydrogens (tertiary/aromatic N) is 1. The largest absolute Gasteiger partial charge is 0.398 e. The molecular weight excluding hydrogens is 232 g/mol. The monoisotopic (exact) mass is 244 g/mol. The lowest BCUT2D eigenvalue weighted by atomic mass is 10.0. The topological polar surface area (TPSA) is 38.9 Å². The molecule has 0 spiro atoms. The zero-order chi connectivity index (χ0) is 12.8. The summed E-state index contributed by atoms with van der Waals surface area (Å²) in [6.45, 7) is 0. The molecule has 0 radical (unpaired) electrons. The third-order valence-electron chi connectivity index (χ3n) is 3.55. The van der Waals surface area contributed by atoms with Gasteiger partial charge in [0.25, 0.3) is 0 Å². The van der Waals surface area contributed by atoms with Crippen molar-refractivity contribution in [2.75, 3.05) is 5.73 Å². The van der Waals surface area contributed by atoms with Crippen molar-refractivity contribution >= 4 is 38.3 Å². The summed E-state index contributed by atoms with van der Waals surface area (Å²) < 4.78 is 0. The van der Waals surface area contributed by atoms with Gasteiger partial charge in [0.1, 0.15) is 0 Å². The maximum Gasteiger partial charge on any atom is 0.0730 e. The van der Waals surface area contributed by atoms with E-state index >= 15 is 0 Å². The number of aromatic nitrogens is 1. The molecule has 1 aromatic heterocycles. The van der Waals surface area contributed by atoms with Crippen LogP contribution in [0.4, 0.5) is 5.69 Å². The number of fused-ring (bicyclic) bond motifs is 3. The van der Waals surface area contributed by atoms with Crippen molar-refractivity contribution in [2.45, 2.75) is 0 Å². The fourth-order valence-electron chi connectivity index (χ4n) is 2.57. The van der Waals surface area contributed by atoms with Gasteiger partial charge in [0, 0.05) is 16.5 Å². The number of rotatable bonds is 0. The van der Waals surface area contributed by atoms with Crippen LogP contribution in [-0.4, -0.2) is 4.98 Å². The van der Waals surface area contributed by atoms with E-state index in [1.165, 1.54) is 10.8 Å². The number of benzene rings is 3. The summed E-state index contributed by atoms with van der Waals surface area (Å²) in [5, 5.41) is 4.59. The Morgan fingerprint density at radius 1 is 0.684 bits per heavy atom. The zero-order valence-electron chi connectivity index (χ0n) is 10.3. The Labute approximate surface area is 110 Å². The summed E-state index contributed by atoms with van der Waals surface area (Å²) in [5.41, 5.74) is 8.76. The second kappa shape index (κ2) is 3.69. The van der Waals surface area contributed by atoms with Crippen molar-refractivity contribution in [3.8, 4) is 0 Å². The minimum atomic E-state index is 0.778. The summed E-state index contributed by atoms with van der Waals surface area (Å²) in [7, 11) is 0. The van der Waals surface area contributed by atoms with Crippen LogP contribution >= 0.6 is 0 Å². The highest BCUT2D eigenvalue weighted by Crippen LogP contribution is 2.27. The van der Waals surface area contributed by atoms with Gasteiger partial charge in [-0.15, -0.1) is 0 Å². The van der Waals surface area contributed by atoms with Crippen LogP contribution in [0.1, 0.15) is 0 Å². The van der Waals surface area contributed by atoms with Gasteiger partial charge in [0.15, 0.2) is 0 Å². The van der Waals surface area contributed by atoms with E-state index in [1.807, 2.05) is 24.3 Å². The first-order valence-corrected chi connectivity index (χ1v) is 6.29. The average molecular weight is 244 g/mol. The molecule has 0 aliphatic rings. The fourth-order valence-corrected chi connectivity index (χ4v) is 2.57. The third-order valence-corrected chi connectivity index (χ3v) is 3.55. The molecular formula is C17H12N2. The van der Waals surface area contributed by atoms with E-state index in [4.69, 9.17) is 10.7 Å². The molecule has 19 heavy (non-hydrogen) atoms. The van der Waals surface area contributed by atoms with Gasteiger partial charge in [0.05, 0.1) is 11.0 Å². The second-order valence-corrected chi connectivity index (χ2v) is 4.79. The smallest absolute Gasteiger partial charge is 0.0730 e. The molecule has 90 valence electrons. The van der Waals surface area contributed by atoms with Crippen molar-refractivity contribution in [3.05, 3.63) is 60.7 Å². The number of hydrogen-bond acceptors (Lipinski definition) is 2. The molecule has 3 aromatic carbocycles. The van der Waals surface area contributed by atoms with Gasteiger partial charge in [0.2, 0.25) is 0 Å². The molecule has 0 bridgehead atoms. The maximum absolute atomic E-state index is 6.02. The van der Waals surface area contributed by atoms with Crippen molar-refractivity contribution in [2.24, 2.45) is 0 Å². The van der Waals surface area contributed by atoms with Gasteiger partial charge >= 0.3 is 0 Å². The predicted octanol–water partition coefficient (Wildman–Crippen LogP) is 4.12. The van der Waals surface area contributed by atoms with Crippen LogP contribution in [0.2, 0.25) is 0 Å². The molecule has 0 amide bonds. The zero-order valence-corrected chi connectivity index (χ0v) is 10.3. The van der Waals surface area contributed by atoms with Crippen LogP contribution < -0.4 is 5.73 Å². The molecule has 0 fully saturated rings. The molecule has 1 heterocycles. The first-order valence-electron chi connectivity index (χ1n) is 6.29. The normalized spacial score (nSPS) is 11.4. The van der Waals surface area contributed by atoms with Gasteiger partial charge < -0.3 is 5.73 Å². The average Bonchev–Trinajstić information content (AvgIpc) is 2.44. The van der Waals surface area contributed by atoms with Gasteiger partial charge in [-0.2, -0.15) is 0 Å². The van der Waals surface area contributed by atoms with Crippen LogP contribution in [0.5, 0.6) is 0 Å². The lowest BCUT2D eigenvalue weighted by molar-refractivity contribution is 1.51. The predicted molar refractivity (Wildman–Crippen MR) is 81.2 cm³/mol. The van der Waals surface area contributed by atoms with Crippen LogP contribution in [-0.2, 0) is 0 Å². The lowest BCUT2D eigenvalue weighted by Crippen LogP contribution is -1.89. The molecule has 0 saturated heterocycles. The molecule has 2 nitrogen and oxygen atoms in total. The fraction of sp³-hybridized carbons (Fsp3) is 0. The number of hydrogen-bond donors (Lipinski definition) is 1. The molecule has 4 rings (SSSR count). The number of pyridine rings is 1. The van der Waals surface area contributed by atoms with Crippen LogP contribution in [0.15, 0.2) is 60.7 Å². The van der Waals surface area contributed by atoms with Crippen molar-refractivity contribution in [1.82, 2.24) is 4.98 Å². The molecule has 0 atom stereocenters. The Morgan fingerprint density at radius 3 is 2.32 bits per heavy atom. The first-order chi connectivity index (χ1) is 9.31. The Hall–Kier alpha value is -2.61. The minimum Gasteiger partial charge on any atom is -0.398 e. The quantitative estimate of drug-likeness (QED) is 0.373. The van der Waals surface area contributed by atoms with Gasteiger partial charge in [-0.3, -0.25) is 0 Å².